The van der Waals surface area contributed by atoms with Gasteiger partial charge in [-0.15, -0.1) is 0 Å². The fourth-order valence-electron chi connectivity index (χ4n) is 4.64. The van der Waals surface area contributed by atoms with Crippen LogP contribution in [0.5, 0.6) is 11.5 Å². The van der Waals surface area contributed by atoms with E-state index in [0.29, 0.717) is 18.3 Å². The summed E-state index contributed by atoms with van der Waals surface area (Å²) < 4.78 is 42.0. The molecule has 2 aromatic heterocycles. The number of ether oxygens (including phenoxy) is 2. The molecule has 0 saturated carbocycles. The van der Waals surface area contributed by atoms with Gasteiger partial charge in [-0.1, -0.05) is 0 Å². The van der Waals surface area contributed by atoms with Crippen LogP contribution in [0.2, 0.25) is 0 Å². The number of pyridine rings is 1. The Labute approximate surface area is 197 Å². The highest BCUT2D eigenvalue weighted by atomic mass is 19.1. The highest BCUT2D eigenvalue weighted by Crippen LogP contribution is 2.34. The average molecular weight is 468 g/mol. The number of rotatable bonds is 6. The van der Waals surface area contributed by atoms with Crippen molar-refractivity contribution < 1.29 is 18.3 Å². The molecule has 0 spiro atoms. The second-order valence-corrected chi connectivity index (χ2v) is 8.79. The number of piperidine rings is 1. The van der Waals surface area contributed by atoms with Crippen molar-refractivity contribution in [3.8, 4) is 22.6 Å². The molecule has 0 aliphatic carbocycles. The van der Waals surface area contributed by atoms with Gasteiger partial charge in [0, 0.05) is 52.8 Å². The lowest BCUT2D eigenvalue weighted by atomic mass is 9.99. The molecule has 0 radical (unpaired) electrons. The van der Waals surface area contributed by atoms with Gasteiger partial charge < -0.3 is 14.4 Å². The third-order valence-electron chi connectivity index (χ3n) is 6.71. The molecule has 1 aromatic carbocycles. The summed E-state index contributed by atoms with van der Waals surface area (Å²) in [6.07, 6.45) is 7.81. The van der Waals surface area contributed by atoms with E-state index in [4.69, 9.17) is 9.47 Å². The fourth-order valence-corrected chi connectivity index (χ4v) is 4.64. The molecule has 0 atom stereocenters. The zero-order chi connectivity index (χ0) is 23.8. The normalized spacial score (nSPS) is 16.4. The van der Waals surface area contributed by atoms with E-state index in [0.717, 1.165) is 48.3 Å². The van der Waals surface area contributed by atoms with E-state index < -0.39 is 11.6 Å². The summed E-state index contributed by atoms with van der Waals surface area (Å²) >= 11 is 0. The van der Waals surface area contributed by atoms with Crippen LogP contribution >= 0.6 is 0 Å². The van der Waals surface area contributed by atoms with E-state index in [1.807, 2.05) is 23.1 Å². The molecule has 3 aromatic rings. The first-order chi connectivity index (χ1) is 16.5. The van der Waals surface area contributed by atoms with Gasteiger partial charge in [0.1, 0.15) is 0 Å². The van der Waals surface area contributed by atoms with Crippen molar-refractivity contribution in [2.45, 2.75) is 31.8 Å². The molecule has 34 heavy (non-hydrogen) atoms. The Morgan fingerprint density at radius 3 is 2.38 bits per heavy atom. The topological polar surface area (TPSA) is 64.8 Å². The monoisotopic (exact) mass is 467 g/mol. The summed E-state index contributed by atoms with van der Waals surface area (Å²) in [7, 11) is 4.81. The van der Waals surface area contributed by atoms with E-state index in [1.54, 1.807) is 0 Å². The van der Waals surface area contributed by atoms with Crippen LogP contribution < -0.4 is 9.47 Å². The van der Waals surface area contributed by atoms with Crippen molar-refractivity contribution in [1.82, 2.24) is 19.7 Å². The SMILES string of the molecule is COc1cc(OC)c(F)c(CC2=NCc3ncc(-c4cnn(C5CCN(C)CC5)c4)cc32)c1F. The Hall–Kier alpha value is -3.33. The molecule has 178 valence electrons. The van der Waals surface area contributed by atoms with Crippen LogP contribution in [0.3, 0.4) is 0 Å². The van der Waals surface area contributed by atoms with Gasteiger partial charge in [-0.25, -0.2) is 8.78 Å². The van der Waals surface area contributed by atoms with Crippen LogP contribution in [-0.4, -0.2) is 59.7 Å². The van der Waals surface area contributed by atoms with Gasteiger partial charge in [-0.2, -0.15) is 5.10 Å². The number of likely N-dealkylation sites (tertiary alicyclic amines) is 1. The van der Waals surface area contributed by atoms with E-state index in [2.05, 4.69) is 33.2 Å². The molecule has 2 aliphatic rings. The van der Waals surface area contributed by atoms with Crippen molar-refractivity contribution in [1.29, 1.82) is 0 Å². The Morgan fingerprint density at radius 1 is 1.00 bits per heavy atom. The van der Waals surface area contributed by atoms with Crippen LogP contribution in [-0.2, 0) is 13.0 Å². The van der Waals surface area contributed by atoms with Crippen molar-refractivity contribution in [2.24, 2.45) is 4.99 Å². The van der Waals surface area contributed by atoms with Crippen LogP contribution in [0, 0.1) is 11.6 Å². The first kappa shape index (κ1) is 22.5. The van der Waals surface area contributed by atoms with E-state index in [9.17, 15) is 8.78 Å². The highest BCUT2D eigenvalue weighted by Gasteiger charge is 2.26. The summed E-state index contributed by atoms with van der Waals surface area (Å²) in [6, 6.07) is 3.58. The maximum absolute atomic E-state index is 14.9. The molecule has 0 N–H and O–H groups in total. The van der Waals surface area contributed by atoms with Gasteiger partial charge in [0.05, 0.1) is 38.7 Å². The first-order valence-electron chi connectivity index (χ1n) is 11.3. The minimum absolute atomic E-state index is 0.0295. The first-order valence-corrected chi connectivity index (χ1v) is 11.3. The summed E-state index contributed by atoms with van der Waals surface area (Å²) in [5, 5.41) is 4.60. The van der Waals surface area contributed by atoms with Gasteiger partial charge in [-0.3, -0.25) is 14.7 Å². The number of nitrogens with zero attached hydrogens (tertiary/aromatic N) is 5. The summed E-state index contributed by atoms with van der Waals surface area (Å²) in [4.78, 5) is 11.4. The molecule has 2 aliphatic heterocycles. The number of aromatic nitrogens is 3. The fraction of sp³-hybridized carbons (Fsp3) is 0.400. The molecule has 0 unspecified atom stereocenters. The Bertz CT molecular complexity index is 1220. The van der Waals surface area contributed by atoms with E-state index in [-0.39, 0.29) is 23.5 Å². The van der Waals surface area contributed by atoms with Crippen molar-refractivity contribution in [3.63, 3.8) is 0 Å². The van der Waals surface area contributed by atoms with E-state index in [1.165, 1.54) is 20.3 Å². The van der Waals surface area contributed by atoms with Gasteiger partial charge in [0.15, 0.2) is 23.1 Å². The lowest BCUT2D eigenvalue weighted by molar-refractivity contribution is 0.212. The Kier molecular flexibility index (Phi) is 6.03. The van der Waals surface area contributed by atoms with Crippen LogP contribution in [0.4, 0.5) is 8.78 Å². The smallest absolute Gasteiger partial charge is 0.171 e. The zero-order valence-electron chi connectivity index (χ0n) is 19.5. The van der Waals surface area contributed by atoms with Gasteiger partial charge >= 0.3 is 0 Å². The molecule has 7 nitrogen and oxygen atoms in total. The predicted molar refractivity (Wildman–Crippen MR) is 125 cm³/mol. The number of methoxy groups -OCH3 is 2. The quantitative estimate of drug-likeness (QED) is 0.547. The van der Waals surface area contributed by atoms with Crippen LogP contribution in [0.1, 0.15) is 35.7 Å². The molecular formula is C25H27F2N5O2. The highest BCUT2D eigenvalue weighted by molar-refractivity contribution is 6.05. The average Bonchev–Trinajstić information content (AvgIpc) is 3.50. The maximum atomic E-state index is 14.9. The summed E-state index contributed by atoms with van der Waals surface area (Å²) in [6.45, 7) is 2.49. The lowest BCUT2D eigenvalue weighted by Crippen LogP contribution is -2.31. The van der Waals surface area contributed by atoms with Crippen LogP contribution in [0.15, 0.2) is 35.7 Å². The number of hydrogen-bond donors (Lipinski definition) is 0. The minimum atomic E-state index is -0.750. The predicted octanol–water partition coefficient (Wildman–Crippen LogP) is 4.05. The number of benzene rings is 1. The molecule has 1 saturated heterocycles. The molecule has 9 heteroatoms. The molecule has 5 rings (SSSR count). The number of fused-ring (bicyclic) bond motifs is 1. The van der Waals surface area contributed by atoms with Gasteiger partial charge in [0.2, 0.25) is 0 Å². The van der Waals surface area contributed by atoms with Crippen LogP contribution in [0.25, 0.3) is 11.1 Å². The lowest BCUT2D eigenvalue weighted by Gasteiger charge is -2.28. The second kappa shape index (κ2) is 9.13. The maximum Gasteiger partial charge on any atom is 0.171 e. The Balaban J connectivity index is 1.42. The van der Waals surface area contributed by atoms with Gasteiger partial charge in [-0.05, 0) is 39.0 Å². The van der Waals surface area contributed by atoms with Gasteiger partial charge in [0.25, 0.3) is 0 Å². The zero-order valence-corrected chi connectivity index (χ0v) is 19.5. The molecule has 4 heterocycles. The molecule has 0 amide bonds. The summed E-state index contributed by atoms with van der Waals surface area (Å²) in [5.74, 6) is -1.64. The largest absolute Gasteiger partial charge is 0.494 e. The number of aliphatic imine (C=N–C) groups is 1. The third kappa shape index (κ3) is 4.04. The van der Waals surface area contributed by atoms with Crippen molar-refractivity contribution in [3.05, 3.63) is 59.2 Å². The Morgan fingerprint density at radius 2 is 1.71 bits per heavy atom. The van der Waals surface area contributed by atoms with Crippen molar-refractivity contribution >= 4 is 5.71 Å². The molecule has 1 fully saturated rings. The number of halogens is 2. The molecular weight excluding hydrogens is 440 g/mol. The number of hydrogen-bond acceptors (Lipinski definition) is 6. The second-order valence-electron chi connectivity index (χ2n) is 8.79. The minimum Gasteiger partial charge on any atom is -0.494 e. The molecule has 0 bridgehead atoms. The standard InChI is InChI=1S/C25H27F2N5O2/c1-31-6-4-17(5-7-31)32-14-16(12-30-32)15-8-18-20(29-13-21(18)28-11-15)9-19-24(26)22(33-2)10-23(34-3)25(19)27/h8,10-12,14,17H,4-7,9,13H2,1-3H3. The summed E-state index contributed by atoms with van der Waals surface area (Å²) in [5.41, 5.74) is 3.89. The van der Waals surface area contributed by atoms with E-state index >= 15 is 0 Å². The van der Waals surface area contributed by atoms with Crippen molar-refractivity contribution in [2.75, 3.05) is 34.4 Å². The third-order valence-corrected chi connectivity index (χ3v) is 6.71.